The fourth-order valence-electron chi connectivity index (χ4n) is 1.61. The number of hydrogen-bond donors (Lipinski definition) is 2. The normalized spacial score (nSPS) is 22.9. The van der Waals surface area contributed by atoms with Crippen molar-refractivity contribution in [2.24, 2.45) is 0 Å². The number of carbonyl (C=O) groups is 1. The quantitative estimate of drug-likeness (QED) is 0.679. The van der Waals surface area contributed by atoms with Crippen LogP contribution in [0.4, 0.5) is 0 Å². The first-order chi connectivity index (χ1) is 7.22. The lowest BCUT2D eigenvalue weighted by molar-refractivity contribution is -0.137. The molecule has 88 valence electrons. The zero-order valence-electron chi connectivity index (χ0n) is 9.07. The molecule has 0 aromatic carbocycles. The molecule has 2 N–H and O–H groups in total. The van der Waals surface area contributed by atoms with Gasteiger partial charge in [-0.1, -0.05) is 41.4 Å². The summed E-state index contributed by atoms with van der Waals surface area (Å²) in [6.07, 6.45) is 4.61. The molecule has 2 atom stereocenters. The maximum atomic E-state index is 10.7. The van der Waals surface area contributed by atoms with E-state index >= 15 is 0 Å². The van der Waals surface area contributed by atoms with Gasteiger partial charge < -0.3 is 10.4 Å². The third kappa shape index (κ3) is 5.68. The van der Waals surface area contributed by atoms with E-state index in [1.165, 1.54) is 5.75 Å². The molecule has 0 aromatic heterocycles. The molecule has 0 radical (unpaired) electrons. The van der Waals surface area contributed by atoms with Gasteiger partial charge >= 0.3 is 5.97 Å². The van der Waals surface area contributed by atoms with Crippen molar-refractivity contribution in [3.05, 3.63) is 0 Å². The Labute approximate surface area is 99.2 Å². The van der Waals surface area contributed by atoms with E-state index in [4.69, 9.17) is 5.11 Å². The van der Waals surface area contributed by atoms with Crippen molar-refractivity contribution >= 4 is 27.6 Å². The van der Waals surface area contributed by atoms with Crippen LogP contribution < -0.4 is 5.32 Å². The summed E-state index contributed by atoms with van der Waals surface area (Å²) in [5.41, 5.74) is 0. The van der Waals surface area contributed by atoms with Gasteiger partial charge in [0, 0.05) is 11.8 Å². The average Bonchev–Trinajstić information content (AvgIpc) is 2.66. The highest BCUT2D eigenvalue weighted by atomic mass is 33.1. The van der Waals surface area contributed by atoms with Gasteiger partial charge in [-0.2, -0.15) is 0 Å². The highest BCUT2D eigenvalue weighted by Crippen LogP contribution is 2.36. The second kappa shape index (κ2) is 7.41. The van der Waals surface area contributed by atoms with Crippen molar-refractivity contribution in [1.82, 2.24) is 5.32 Å². The third-order valence-corrected chi connectivity index (χ3v) is 5.14. The molecule has 1 fully saturated rings. The Hall–Kier alpha value is 0.130. The summed E-state index contributed by atoms with van der Waals surface area (Å²) < 4.78 is 0. The van der Waals surface area contributed by atoms with Crippen molar-refractivity contribution in [1.29, 1.82) is 0 Å². The van der Waals surface area contributed by atoms with Crippen LogP contribution in [0.3, 0.4) is 0 Å². The number of hydrogen-bond acceptors (Lipinski definition) is 4. The zero-order valence-corrected chi connectivity index (χ0v) is 10.7. The number of carboxylic acid groups (broad SMARTS) is 1. The van der Waals surface area contributed by atoms with Crippen molar-refractivity contribution < 1.29 is 9.90 Å². The predicted octanol–water partition coefficient (Wildman–Crippen LogP) is 2.72. The number of rotatable bonds is 7. The van der Waals surface area contributed by atoms with Gasteiger partial charge in [-0.25, -0.2) is 0 Å². The Morgan fingerprint density at radius 3 is 3.00 bits per heavy atom. The van der Waals surface area contributed by atoms with Gasteiger partial charge in [0.15, 0.2) is 0 Å². The minimum absolute atomic E-state index is 0.152. The molecule has 2 unspecified atom stereocenters. The Balaban J connectivity index is 2.29. The zero-order chi connectivity index (χ0) is 11.1. The smallest absolute Gasteiger partial charge is 0.304 e. The number of carboxylic acids is 1. The predicted molar refractivity (Wildman–Crippen MR) is 67.2 cm³/mol. The summed E-state index contributed by atoms with van der Waals surface area (Å²) in [5, 5.41) is 12.7. The van der Waals surface area contributed by atoms with Gasteiger partial charge in [0.05, 0.1) is 11.8 Å². The van der Waals surface area contributed by atoms with Gasteiger partial charge in [0.25, 0.3) is 0 Å². The first-order valence-electron chi connectivity index (χ1n) is 5.48. The van der Waals surface area contributed by atoms with E-state index in [1.54, 1.807) is 0 Å². The molecule has 1 aliphatic rings. The molecule has 0 amide bonds. The first kappa shape index (κ1) is 13.2. The Kier molecular flexibility index (Phi) is 6.52. The Morgan fingerprint density at radius 2 is 2.47 bits per heavy atom. The molecular formula is C10H19NO2S2. The van der Waals surface area contributed by atoms with E-state index in [0.717, 1.165) is 25.7 Å². The summed E-state index contributed by atoms with van der Waals surface area (Å²) in [6.45, 7) is 2.14. The van der Waals surface area contributed by atoms with E-state index in [9.17, 15) is 4.79 Å². The molecule has 5 heteroatoms. The highest BCUT2D eigenvalue weighted by Gasteiger charge is 2.21. The van der Waals surface area contributed by atoms with Crippen LogP contribution in [0.5, 0.6) is 0 Å². The van der Waals surface area contributed by atoms with Gasteiger partial charge in [0.1, 0.15) is 0 Å². The molecule has 3 nitrogen and oxygen atoms in total. The standard InChI is InChI=1S/C10H19NO2S2/c1-2-3-4-8(7-10(12)13)11-9-5-6-14-15-9/h8-9,11H,2-7H2,1H3,(H,12,13). The lowest BCUT2D eigenvalue weighted by Gasteiger charge is -2.20. The lowest BCUT2D eigenvalue weighted by Crippen LogP contribution is -2.36. The fraction of sp³-hybridized carbons (Fsp3) is 0.900. The molecule has 0 spiro atoms. The molecule has 0 saturated carbocycles. The van der Waals surface area contributed by atoms with Crippen LogP contribution in [0, 0.1) is 0 Å². The SMILES string of the molecule is CCCCC(CC(=O)O)NC1CCSS1. The fourth-order valence-corrected chi connectivity index (χ4v) is 4.34. The first-order valence-corrected chi connectivity index (χ1v) is 7.86. The summed E-state index contributed by atoms with van der Waals surface area (Å²) in [5.74, 6) is 0.481. The molecule has 1 heterocycles. The van der Waals surface area contributed by atoms with Crippen molar-refractivity contribution in [2.45, 2.75) is 50.4 Å². The third-order valence-electron chi connectivity index (χ3n) is 2.40. The van der Waals surface area contributed by atoms with Crippen molar-refractivity contribution in [3.63, 3.8) is 0 Å². The largest absolute Gasteiger partial charge is 0.481 e. The van der Waals surface area contributed by atoms with Crippen molar-refractivity contribution in [3.8, 4) is 0 Å². The molecule has 1 saturated heterocycles. The van der Waals surface area contributed by atoms with Crippen LogP contribution in [0.15, 0.2) is 0 Å². The van der Waals surface area contributed by atoms with Crippen LogP contribution in [0.1, 0.15) is 39.0 Å². The second-order valence-corrected chi connectivity index (χ2v) is 6.49. The van der Waals surface area contributed by atoms with E-state index in [-0.39, 0.29) is 12.5 Å². The van der Waals surface area contributed by atoms with Crippen LogP contribution in [0.2, 0.25) is 0 Å². The monoisotopic (exact) mass is 249 g/mol. The summed E-state index contributed by atoms with van der Waals surface area (Å²) in [4.78, 5) is 10.7. The molecule has 1 rings (SSSR count). The summed E-state index contributed by atoms with van der Waals surface area (Å²) in [6, 6.07) is 0.152. The van der Waals surface area contributed by atoms with Crippen LogP contribution in [0.25, 0.3) is 0 Å². The summed E-state index contributed by atoms with van der Waals surface area (Å²) in [7, 11) is 3.72. The number of aliphatic carboxylic acids is 1. The van der Waals surface area contributed by atoms with E-state index in [1.807, 2.05) is 21.6 Å². The minimum Gasteiger partial charge on any atom is -0.481 e. The average molecular weight is 249 g/mol. The molecule has 1 aliphatic heterocycles. The van der Waals surface area contributed by atoms with E-state index < -0.39 is 5.97 Å². The summed E-state index contributed by atoms with van der Waals surface area (Å²) >= 11 is 0. The van der Waals surface area contributed by atoms with Crippen LogP contribution in [-0.2, 0) is 4.79 Å². The van der Waals surface area contributed by atoms with Gasteiger partial charge in [-0.3, -0.25) is 4.79 Å². The van der Waals surface area contributed by atoms with E-state index in [0.29, 0.717) is 5.37 Å². The maximum absolute atomic E-state index is 10.7. The molecule has 0 bridgehead atoms. The van der Waals surface area contributed by atoms with Crippen molar-refractivity contribution in [2.75, 3.05) is 5.75 Å². The van der Waals surface area contributed by atoms with Gasteiger partial charge in [0.2, 0.25) is 0 Å². The number of unbranched alkanes of at least 4 members (excludes halogenated alkanes) is 1. The van der Waals surface area contributed by atoms with Crippen LogP contribution in [-0.4, -0.2) is 28.2 Å². The Bertz CT molecular complexity index is 196. The van der Waals surface area contributed by atoms with Crippen LogP contribution >= 0.6 is 21.6 Å². The molecule has 0 aliphatic carbocycles. The Morgan fingerprint density at radius 1 is 1.67 bits per heavy atom. The lowest BCUT2D eigenvalue weighted by atomic mass is 10.1. The minimum atomic E-state index is -0.695. The maximum Gasteiger partial charge on any atom is 0.304 e. The van der Waals surface area contributed by atoms with Gasteiger partial charge in [-0.05, 0) is 12.8 Å². The molecular weight excluding hydrogens is 230 g/mol. The van der Waals surface area contributed by atoms with E-state index in [2.05, 4.69) is 12.2 Å². The van der Waals surface area contributed by atoms with Gasteiger partial charge in [-0.15, -0.1) is 0 Å². The highest BCUT2D eigenvalue weighted by molar-refractivity contribution is 8.77. The molecule has 0 aromatic rings. The molecule has 15 heavy (non-hydrogen) atoms. The second-order valence-electron chi connectivity index (χ2n) is 3.80. The number of nitrogens with one attached hydrogen (secondary N) is 1. The topological polar surface area (TPSA) is 49.3 Å².